The van der Waals surface area contributed by atoms with Crippen LogP contribution in [0.3, 0.4) is 0 Å². The summed E-state index contributed by atoms with van der Waals surface area (Å²) < 4.78 is 10.8. The van der Waals surface area contributed by atoms with Crippen LogP contribution in [0.5, 0.6) is 5.75 Å². The van der Waals surface area contributed by atoms with Crippen molar-refractivity contribution >= 4 is 21.9 Å². The number of hydrogen-bond acceptors (Lipinski definition) is 5. The molecule has 0 radical (unpaired) electrons. The lowest BCUT2D eigenvalue weighted by Crippen LogP contribution is -2.20. The van der Waals surface area contributed by atoms with Gasteiger partial charge in [-0.25, -0.2) is 0 Å². The van der Waals surface area contributed by atoms with E-state index in [0.29, 0.717) is 11.1 Å². The Kier molecular flexibility index (Phi) is 5.82. The smallest absolute Gasteiger partial charge is 0.322 e. The summed E-state index contributed by atoms with van der Waals surface area (Å²) in [5, 5.41) is 9.90. The first-order valence-electron chi connectivity index (χ1n) is 5.83. The zero-order valence-corrected chi connectivity index (χ0v) is 12.4. The molecule has 0 fully saturated rings. The van der Waals surface area contributed by atoms with Gasteiger partial charge in [0.1, 0.15) is 17.2 Å². The van der Waals surface area contributed by atoms with Gasteiger partial charge in [0.2, 0.25) is 0 Å². The zero-order valence-electron chi connectivity index (χ0n) is 10.9. The molecule has 1 aromatic heterocycles. The molecule has 0 aliphatic carbocycles. The maximum atomic E-state index is 12.0. The molecular formula is C13H16BrNO4. The number of carbonyl (C=O) groups excluding carboxylic acids is 1. The van der Waals surface area contributed by atoms with Crippen molar-refractivity contribution < 1.29 is 19.4 Å². The summed E-state index contributed by atoms with van der Waals surface area (Å²) in [4.78, 5) is 16.0. The van der Waals surface area contributed by atoms with Crippen LogP contribution in [-0.2, 0) is 14.3 Å². The average molecular weight is 330 g/mol. The third-order valence-corrected chi connectivity index (χ3v) is 2.75. The van der Waals surface area contributed by atoms with Crippen molar-refractivity contribution in [3.63, 3.8) is 0 Å². The predicted octanol–water partition coefficient (Wildman–Crippen LogP) is 2.75. The molecule has 1 rings (SSSR count). The summed E-state index contributed by atoms with van der Waals surface area (Å²) in [5.41, 5.74) is 0.167. The van der Waals surface area contributed by atoms with E-state index in [2.05, 4.69) is 27.5 Å². The number of carbonyl (C=O) groups is 1. The van der Waals surface area contributed by atoms with Crippen LogP contribution in [0.15, 0.2) is 29.1 Å². The molecule has 0 amide bonds. The number of ether oxygens (including phenoxy) is 2. The normalized spacial score (nSPS) is 11.7. The lowest BCUT2D eigenvalue weighted by atomic mass is 10.0. The molecule has 0 aliphatic heterocycles. The third-order valence-electron chi connectivity index (χ3n) is 2.31. The first-order valence-corrected chi connectivity index (χ1v) is 6.63. The quantitative estimate of drug-likeness (QED) is 0.642. The van der Waals surface area contributed by atoms with E-state index in [1.807, 2.05) is 0 Å². The molecule has 5 nitrogen and oxygen atoms in total. The van der Waals surface area contributed by atoms with Crippen molar-refractivity contribution in [3.05, 3.63) is 34.8 Å². The molecule has 0 saturated heterocycles. The number of aromatic nitrogens is 1. The number of nitrogens with zero attached hydrogens (tertiary/aromatic N) is 1. The lowest BCUT2D eigenvalue weighted by molar-refractivity contribution is -0.145. The molecule has 0 spiro atoms. The summed E-state index contributed by atoms with van der Waals surface area (Å²) >= 11 is 3.19. The largest absolute Gasteiger partial charge is 0.506 e. The van der Waals surface area contributed by atoms with Gasteiger partial charge in [-0.05, 0) is 35.8 Å². The maximum Gasteiger partial charge on any atom is 0.322 e. The van der Waals surface area contributed by atoms with Crippen LogP contribution in [0.25, 0.3) is 0 Å². The molecule has 0 aromatic carbocycles. The molecule has 1 N–H and O–H groups in total. The highest BCUT2D eigenvalue weighted by Crippen LogP contribution is 2.32. The van der Waals surface area contributed by atoms with Gasteiger partial charge in [0, 0.05) is 10.7 Å². The highest BCUT2D eigenvalue weighted by atomic mass is 79.9. The molecule has 0 bridgehead atoms. The number of pyridine rings is 1. The Morgan fingerprint density at radius 1 is 1.47 bits per heavy atom. The standard InChI is InChI=1S/C13H16BrNO4/c1-4-18-8(3)11(13(17)19-5-2)12-10(16)6-9(14)7-15-12/h6-7,11,16H,3-5H2,1-2H3. The second-order valence-electron chi connectivity index (χ2n) is 3.64. The van der Waals surface area contributed by atoms with Crippen LogP contribution in [-0.4, -0.2) is 29.3 Å². The molecule has 1 unspecified atom stereocenters. The Hall–Kier alpha value is -1.56. The summed E-state index contributed by atoms with van der Waals surface area (Å²) in [6.45, 7) is 7.78. The average Bonchev–Trinajstić information content (AvgIpc) is 2.33. The minimum atomic E-state index is -0.937. The topological polar surface area (TPSA) is 68.7 Å². The number of halogens is 1. The number of aromatic hydroxyl groups is 1. The van der Waals surface area contributed by atoms with Crippen molar-refractivity contribution in [1.82, 2.24) is 4.98 Å². The Bertz CT molecular complexity index is 458. The maximum absolute atomic E-state index is 12.0. The summed E-state index contributed by atoms with van der Waals surface area (Å²) in [6.07, 6.45) is 1.49. The highest BCUT2D eigenvalue weighted by molar-refractivity contribution is 9.10. The molecule has 19 heavy (non-hydrogen) atoms. The second kappa shape index (κ2) is 7.13. The first kappa shape index (κ1) is 15.5. The van der Waals surface area contributed by atoms with Crippen molar-refractivity contribution in [3.8, 4) is 5.75 Å². The van der Waals surface area contributed by atoms with Gasteiger partial charge in [-0.15, -0.1) is 0 Å². The van der Waals surface area contributed by atoms with Crippen molar-refractivity contribution in [1.29, 1.82) is 0 Å². The van der Waals surface area contributed by atoms with Crippen LogP contribution in [0.1, 0.15) is 25.5 Å². The Balaban J connectivity index is 3.14. The lowest BCUT2D eigenvalue weighted by Gasteiger charge is -2.18. The molecule has 1 aromatic rings. The van der Waals surface area contributed by atoms with Gasteiger partial charge in [0.15, 0.2) is 5.92 Å². The van der Waals surface area contributed by atoms with E-state index in [1.165, 1.54) is 12.3 Å². The van der Waals surface area contributed by atoms with Gasteiger partial charge in [0.05, 0.1) is 13.2 Å². The van der Waals surface area contributed by atoms with Gasteiger partial charge in [-0.3, -0.25) is 9.78 Å². The summed E-state index contributed by atoms with van der Waals surface area (Å²) in [6, 6.07) is 1.45. The summed E-state index contributed by atoms with van der Waals surface area (Å²) in [5.74, 6) is -1.40. The zero-order chi connectivity index (χ0) is 14.4. The van der Waals surface area contributed by atoms with Gasteiger partial charge in [-0.2, -0.15) is 0 Å². The third kappa shape index (κ3) is 3.96. The van der Waals surface area contributed by atoms with Gasteiger partial charge >= 0.3 is 5.97 Å². The van der Waals surface area contributed by atoms with E-state index >= 15 is 0 Å². The minimum Gasteiger partial charge on any atom is -0.506 e. The Morgan fingerprint density at radius 2 is 2.11 bits per heavy atom. The molecule has 1 atom stereocenters. The van der Waals surface area contributed by atoms with E-state index in [-0.39, 0.29) is 23.8 Å². The van der Waals surface area contributed by atoms with Gasteiger partial charge < -0.3 is 14.6 Å². The van der Waals surface area contributed by atoms with Gasteiger partial charge in [0.25, 0.3) is 0 Å². The van der Waals surface area contributed by atoms with Crippen molar-refractivity contribution in [2.45, 2.75) is 19.8 Å². The van der Waals surface area contributed by atoms with Gasteiger partial charge in [-0.1, -0.05) is 6.58 Å². The van der Waals surface area contributed by atoms with Crippen LogP contribution in [0.4, 0.5) is 0 Å². The minimum absolute atomic E-state index is 0.117. The van der Waals surface area contributed by atoms with Crippen LogP contribution >= 0.6 is 15.9 Å². The van der Waals surface area contributed by atoms with E-state index in [4.69, 9.17) is 9.47 Å². The second-order valence-corrected chi connectivity index (χ2v) is 4.56. The SMILES string of the molecule is C=C(OCC)C(C(=O)OCC)c1ncc(Br)cc1O. The highest BCUT2D eigenvalue weighted by Gasteiger charge is 2.30. The molecule has 0 saturated carbocycles. The van der Waals surface area contributed by atoms with E-state index in [1.54, 1.807) is 13.8 Å². The molecular weight excluding hydrogens is 314 g/mol. The fraction of sp³-hybridized carbons (Fsp3) is 0.385. The Morgan fingerprint density at radius 3 is 2.63 bits per heavy atom. The molecule has 1 heterocycles. The predicted molar refractivity (Wildman–Crippen MR) is 73.7 cm³/mol. The molecule has 104 valence electrons. The van der Waals surface area contributed by atoms with Crippen LogP contribution in [0, 0.1) is 0 Å². The van der Waals surface area contributed by atoms with E-state index in [0.717, 1.165) is 0 Å². The fourth-order valence-electron chi connectivity index (χ4n) is 1.55. The van der Waals surface area contributed by atoms with Crippen molar-refractivity contribution in [2.24, 2.45) is 0 Å². The van der Waals surface area contributed by atoms with E-state index in [9.17, 15) is 9.90 Å². The Labute approximate surface area is 120 Å². The first-order chi connectivity index (χ1) is 9.01. The van der Waals surface area contributed by atoms with E-state index < -0.39 is 11.9 Å². The number of rotatable bonds is 6. The molecule has 0 aliphatic rings. The fourth-order valence-corrected chi connectivity index (χ4v) is 1.87. The van der Waals surface area contributed by atoms with Crippen molar-refractivity contribution in [2.75, 3.05) is 13.2 Å². The monoisotopic (exact) mass is 329 g/mol. The van der Waals surface area contributed by atoms with Crippen LogP contribution in [0.2, 0.25) is 0 Å². The molecule has 6 heteroatoms. The number of esters is 1. The van der Waals surface area contributed by atoms with Crippen LogP contribution < -0.4 is 0 Å². The number of hydrogen-bond donors (Lipinski definition) is 1. The summed E-state index contributed by atoms with van der Waals surface area (Å²) in [7, 11) is 0.